The Morgan fingerprint density at radius 3 is 2.18 bits per heavy atom. The maximum atomic E-state index is 13.5. The molecule has 0 aliphatic heterocycles. The smallest absolute Gasteiger partial charge is 0.344 e. The first-order chi connectivity index (χ1) is 10.3. The molecule has 1 rings (SSSR count). The van der Waals surface area contributed by atoms with Gasteiger partial charge in [-0.2, -0.15) is 0 Å². The van der Waals surface area contributed by atoms with E-state index in [2.05, 4.69) is 16.6 Å². The van der Waals surface area contributed by atoms with E-state index >= 15 is 0 Å². The molecule has 3 N–H and O–H groups in total. The number of carbonyl (C=O) groups is 2. The molecular weight excluding hydrogens is 308 g/mol. The molecule has 0 aliphatic carbocycles. The summed E-state index contributed by atoms with van der Waals surface area (Å²) in [7, 11) is 0. The van der Waals surface area contributed by atoms with Gasteiger partial charge in [0.15, 0.2) is 23.3 Å². The first kappa shape index (κ1) is 17.5. The third kappa shape index (κ3) is 3.74. The van der Waals surface area contributed by atoms with Crippen molar-refractivity contribution in [2.45, 2.75) is 6.42 Å². The molecule has 9 heteroatoms. The SMILES string of the molecule is C=CC(=O)NCCCOC(=O)c1c(F)c(F)c(N)c(F)c1F. The Labute approximate surface area is 122 Å². The number of ether oxygens (including phenoxy) is 1. The van der Waals surface area contributed by atoms with Crippen molar-refractivity contribution in [1.29, 1.82) is 0 Å². The van der Waals surface area contributed by atoms with Crippen LogP contribution in [0.5, 0.6) is 0 Å². The average Bonchev–Trinajstić information content (AvgIpc) is 2.50. The van der Waals surface area contributed by atoms with Crippen LogP contribution in [-0.2, 0) is 9.53 Å². The molecule has 0 heterocycles. The Kier molecular flexibility index (Phi) is 5.90. The molecule has 0 spiro atoms. The van der Waals surface area contributed by atoms with Gasteiger partial charge in [-0.05, 0) is 12.5 Å². The number of hydrogen-bond acceptors (Lipinski definition) is 4. The Morgan fingerprint density at radius 1 is 1.14 bits per heavy atom. The van der Waals surface area contributed by atoms with Crippen molar-refractivity contribution in [3.63, 3.8) is 0 Å². The topological polar surface area (TPSA) is 81.4 Å². The molecule has 0 aliphatic rings. The van der Waals surface area contributed by atoms with E-state index in [1.165, 1.54) is 0 Å². The molecule has 0 saturated heterocycles. The van der Waals surface area contributed by atoms with Crippen LogP contribution in [0.25, 0.3) is 0 Å². The number of carbonyl (C=O) groups excluding carboxylic acids is 2. The summed E-state index contributed by atoms with van der Waals surface area (Å²) in [6, 6.07) is 0. The number of amides is 1. The summed E-state index contributed by atoms with van der Waals surface area (Å²) in [5.74, 6) is -9.63. The van der Waals surface area contributed by atoms with Crippen LogP contribution < -0.4 is 11.1 Å². The zero-order valence-electron chi connectivity index (χ0n) is 11.2. The van der Waals surface area contributed by atoms with Crippen LogP contribution >= 0.6 is 0 Å². The van der Waals surface area contributed by atoms with Crippen molar-refractivity contribution in [3.8, 4) is 0 Å². The summed E-state index contributed by atoms with van der Waals surface area (Å²) in [5.41, 5.74) is 1.94. The van der Waals surface area contributed by atoms with E-state index in [-0.39, 0.29) is 19.6 Å². The second kappa shape index (κ2) is 7.43. The number of nitrogens with two attached hydrogens (primary N) is 1. The van der Waals surface area contributed by atoms with E-state index < -0.39 is 46.4 Å². The van der Waals surface area contributed by atoms with Crippen LogP contribution in [0.4, 0.5) is 23.2 Å². The minimum Gasteiger partial charge on any atom is -0.462 e. The van der Waals surface area contributed by atoms with Gasteiger partial charge in [-0.3, -0.25) is 4.79 Å². The van der Waals surface area contributed by atoms with Crippen molar-refractivity contribution < 1.29 is 31.9 Å². The molecule has 1 aromatic carbocycles. The molecule has 0 bridgehead atoms. The van der Waals surface area contributed by atoms with Crippen LogP contribution in [-0.4, -0.2) is 25.0 Å². The van der Waals surface area contributed by atoms with Crippen LogP contribution in [0, 0.1) is 23.3 Å². The number of hydrogen-bond donors (Lipinski definition) is 2. The number of esters is 1. The lowest BCUT2D eigenvalue weighted by Crippen LogP contribution is -2.23. The number of benzene rings is 1. The number of nitrogen functional groups attached to an aromatic ring is 1. The number of halogens is 4. The predicted octanol–water partition coefficient (Wildman–Crippen LogP) is 1.67. The van der Waals surface area contributed by atoms with Crippen molar-refractivity contribution >= 4 is 17.6 Å². The van der Waals surface area contributed by atoms with Crippen molar-refractivity contribution in [3.05, 3.63) is 41.5 Å². The fourth-order valence-corrected chi connectivity index (χ4v) is 1.42. The van der Waals surface area contributed by atoms with Crippen LogP contribution in [0.15, 0.2) is 12.7 Å². The minimum atomic E-state index is -1.93. The highest BCUT2D eigenvalue weighted by Crippen LogP contribution is 2.26. The summed E-state index contributed by atoms with van der Waals surface area (Å²) < 4.78 is 57.8. The zero-order chi connectivity index (χ0) is 16.9. The summed E-state index contributed by atoms with van der Waals surface area (Å²) in [6.45, 7) is 2.98. The van der Waals surface area contributed by atoms with Crippen molar-refractivity contribution in [2.75, 3.05) is 18.9 Å². The maximum Gasteiger partial charge on any atom is 0.344 e. The maximum absolute atomic E-state index is 13.5. The number of nitrogens with one attached hydrogen (secondary N) is 1. The highest BCUT2D eigenvalue weighted by Gasteiger charge is 2.29. The first-order valence-electron chi connectivity index (χ1n) is 6.00. The Bertz CT molecular complexity index is 591. The summed E-state index contributed by atoms with van der Waals surface area (Å²) in [4.78, 5) is 22.3. The highest BCUT2D eigenvalue weighted by molar-refractivity contribution is 5.90. The third-order valence-electron chi connectivity index (χ3n) is 2.54. The van der Waals surface area contributed by atoms with Gasteiger partial charge in [-0.25, -0.2) is 22.4 Å². The Morgan fingerprint density at radius 2 is 1.68 bits per heavy atom. The summed E-state index contributed by atoms with van der Waals surface area (Å²) in [6.07, 6.45) is 1.14. The van der Waals surface area contributed by atoms with Gasteiger partial charge in [0.2, 0.25) is 5.91 Å². The Hall–Kier alpha value is -2.58. The molecule has 0 fully saturated rings. The molecule has 120 valence electrons. The normalized spacial score (nSPS) is 10.2. The standard InChI is InChI=1S/C13H12F4N2O3/c1-2-6(20)19-4-3-5-22-13(21)7-8(14)10(16)12(18)11(17)9(7)15/h2H,1,3-5,18H2,(H,19,20). The van der Waals surface area contributed by atoms with Gasteiger partial charge in [-0.1, -0.05) is 6.58 Å². The predicted molar refractivity (Wildman–Crippen MR) is 68.8 cm³/mol. The summed E-state index contributed by atoms with van der Waals surface area (Å²) >= 11 is 0. The van der Waals surface area contributed by atoms with E-state index in [1.807, 2.05) is 0 Å². The van der Waals surface area contributed by atoms with E-state index in [0.29, 0.717) is 0 Å². The van der Waals surface area contributed by atoms with E-state index in [4.69, 9.17) is 5.73 Å². The summed E-state index contributed by atoms with van der Waals surface area (Å²) in [5, 5.41) is 2.36. The molecule has 0 aromatic heterocycles. The van der Waals surface area contributed by atoms with Crippen LogP contribution in [0.3, 0.4) is 0 Å². The second-order valence-corrected chi connectivity index (χ2v) is 4.03. The van der Waals surface area contributed by atoms with Crippen molar-refractivity contribution in [1.82, 2.24) is 5.32 Å². The minimum absolute atomic E-state index is 0.105. The highest BCUT2D eigenvalue weighted by atomic mass is 19.2. The second-order valence-electron chi connectivity index (χ2n) is 4.03. The quantitative estimate of drug-likeness (QED) is 0.209. The van der Waals surface area contributed by atoms with Crippen molar-refractivity contribution in [2.24, 2.45) is 0 Å². The van der Waals surface area contributed by atoms with Gasteiger partial charge >= 0.3 is 5.97 Å². The molecular formula is C13H12F4N2O3. The lowest BCUT2D eigenvalue weighted by molar-refractivity contribution is -0.116. The molecule has 1 amide bonds. The van der Waals surface area contributed by atoms with Gasteiger partial charge in [0, 0.05) is 6.54 Å². The third-order valence-corrected chi connectivity index (χ3v) is 2.54. The monoisotopic (exact) mass is 320 g/mol. The molecule has 22 heavy (non-hydrogen) atoms. The van der Waals surface area contributed by atoms with Gasteiger partial charge in [0.05, 0.1) is 6.61 Å². The number of anilines is 1. The van der Waals surface area contributed by atoms with Crippen LogP contribution in [0.2, 0.25) is 0 Å². The molecule has 0 saturated carbocycles. The molecule has 1 aromatic rings. The van der Waals surface area contributed by atoms with E-state index in [0.717, 1.165) is 6.08 Å². The van der Waals surface area contributed by atoms with Gasteiger partial charge in [0.1, 0.15) is 11.3 Å². The first-order valence-corrected chi connectivity index (χ1v) is 6.00. The molecule has 0 radical (unpaired) electrons. The van der Waals surface area contributed by atoms with Gasteiger partial charge < -0.3 is 15.8 Å². The van der Waals surface area contributed by atoms with Gasteiger partial charge in [-0.15, -0.1) is 0 Å². The lowest BCUT2D eigenvalue weighted by atomic mass is 10.1. The molecule has 0 unspecified atom stereocenters. The molecule has 5 nitrogen and oxygen atoms in total. The lowest BCUT2D eigenvalue weighted by Gasteiger charge is -2.09. The molecule has 0 atom stereocenters. The van der Waals surface area contributed by atoms with Gasteiger partial charge in [0.25, 0.3) is 0 Å². The fourth-order valence-electron chi connectivity index (χ4n) is 1.42. The largest absolute Gasteiger partial charge is 0.462 e. The van der Waals surface area contributed by atoms with Crippen LogP contribution in [0.1, 0.15) is 16.8 Å². The van der Waals surface area contributed by atoms with E-state index in [9.17, 15) is 27.2 Å². The average molecular weight is 320 g/mol. The zero-order valence-corrected chi connectivity index (χ0v) is 11.2. The number of rotatable bonds is 6. The Balaban J connectivity index is 2.71. The fraction of sp³-hybridized carbons (Fsp3) is 0.231. The van der Waals surface area contributed by atoms with E-state index in [1.54, 1.807) is 0 Å².